The molecule has 2 aromatic heterocycles. The molecule has 1 aliphatic heterocycles. The number of rotatable bonds is 5. The van der Waals surface area contributed by atoms with Crippen LogP contribution in [0.3, 0.4) is 0 Å². The predicted molar refractivity (Wildman–Crippen MR) is 111 cm³/mol. The monoisotopic (exact) mass is 388 g/mol. The number of carbonyl (C=O) groups excluding carboxylic acids is 1. The minimum absolute atomic E-state index is 0.0269. The van der Waals surface area contributed by atoms with Crippen molar-refractivity contribution < 1.29 is 9.18 Å². The van der Waals surface area contributed by atoms with E-state index < -0.39 is 11.7 Å². The van der Waals surface area contributed by atoms with Crippen LogP contribution >= 0.6 is 0 Å². The molecule has 0 unspecified atom stereocenters. The summed E-state index contributed by atoms with van der Waals surface area (Å²) in [5.41, 5.74) is 5.39. The Labute approximate surface area is 168 Å². The van der Waals surface area contributed by atoms with Gasteiger partial charge in [-0.2, -0.15) is 0 Å². The van der Waals surface area contributed by atoms with Gasteiger partial charge in [-0.15, -0.1) is 0 Å². The fourth-order valence-electron chi connectivity index (χ4n) is 3.46. The van der Waals surface area contributed by atoms with Gasteiger partial charge in [0, 0.05) is 36.7 Å². The van der Waals surface area contributed by atoms with Gasteiger partial charge in [0.25, 0.3) is 5.91 Å². The van der Waals surface area contributed by atoms with Crippen molar-refractivity contribution in [2.75, 3.05) is 18.4 Å². The topological polar surface area (TPSA) is 66.9 Å². The van der Waals surface area contributed by atoms with Gasteiger partial charge in [0.15, 0.2) is 5.82 Å². The molecule has 0 spiro atoms. The third-order valence-corrected chi connectivity index (χ3v) is 4.96. The number of carbonyl (C=O) groups is 1. The van der Waals surface area contributed by atoms with Crippen LogP contribution < -0.4 is 10.6 Å². The van der Waals surface area contributed by atoms with Crippen LogP contribution in [0.2, 0.25) is 0 Å². The standard InChI is InChI=1S/C23H21FN4O/c24-22-15-26-12-9-20(22)23(29)28-18-6-4-16(5-7-18)21-14-25-11-8-17(21)13-19-3-1-2-10-27-19/h1-7,9-10,12,15,25H,8,11,13-14H2,(H,28,29). The molecule has 0 saturated carbocycles. The van der Waals surface area contributed by atoms with Gasteiger partial charge in [-0.05, 0) is 54.4 Å². The highest BCUT2D eigenvalue weighted by Crippen LogP contribution is 2.26. The van der Waals surface area contributed by atoms with Gasteiger partial charge in [-0.25, -0.2) is 4.39 Å². The Kier molecular flexibility index (Phi) is 5.72. The lowest BCUT2D eigenvalue weighted by Crippen LogP contribution is -2.25. The van der Waals surface area contributed by atoms with E-state index in [0.717, 1.165) is 43.4 Å². The van der Waals surface area contributed by atoms with Crippen molar-refractivity contribution in [3.63, 3.8) is 0 Å². The van der Waals surface area contributed by atoms with Crippen molar-refractivity contribution in [1.29, 1.82) is 0 Å². The first-order chi connectivity index (χ1) is 14.2. The number of amides is 1. The van der Waals surface area contributed by atoms with Crippen LogP contribution in [0.4, 0.5) is 10.1 Å². The number of nitrogens with zero attached hydrogens (tertiary/aromatic N) is 2. The fourth-order valence-corrected chi connectivity index (χ4v) is 3.46. The second-order valence-corrected chi connectivity index (χ2v) is 6.89. The third kappa shape index (κ3) is 4.55. The number of pyridine rings is 2. The van der Waals surface area contributed by atoms with Crippen molar-refractivity contribution in [2.45, 2.75) is 12.8 Å². The van der Waals surface area contributed by atoms with Crippen LogP contribution in [0.5, 0.6) is 0 Å². The lowest BCUT2D eigenvalue weighted by Gasteiger charge is -2.22. The van der Waals surface area contributed by atoms with Gasteiger partial charge in [-0.3, -0.25) is 14.8 Å². The molecule has 1 amide bonds. The molecular formula is C23H21FN4O. The minimum atomic E-state index is -0.640. The summed E-state index contributed by atoms with van der Waals surface area (Å²) in [6.45, 7) is 1.76. The molecule has 0 saturated heterocycles. The Morgan fingerprint density at radius 2 is 1.97 bits per heavy atom. The number of anilines is 1. The van der Waals surface area contributed by atoms with Gasteiger partial charge in [0.05, 0.1) is 11.8 Å². The number of benzene rings is 1. The highest BCUT2D eigenvalue weighted by atomic mass is 19.1. The second-order valence-electron chi connectivity index (χ2n) is 6.89. The van der Waals surface area contributed by atoms with E-state index in [2.05, 4.69) is 20.6 Å². The van der Waals surface area contributed by atoms with Gasteiger partial charge in [0.2, 0.25) is 0 Å². The minimum Gasteiger partial charge on any atom is -0.322 e. The average molecular weight is 388 g/mol. The van der Waals surface area contributed by atoms with Crippen molar-refractivity contribution in [2.24, 2.45) is 0 Å². The van der Waals surface area contributed by atoms with Crippen molar-refractivity contribution in [3.8, 4) is 0 Å². The third-order valence-electron chi connectivity index (χ3n) is 4.96. The highest BCUT2D eigenvalue weighted by Gasteiger charge is 2.16. The summed E-state index contributed by atoms with van der Waals surface area (Å²) in [4.78, 5) is 20.4. The molecule has 0 bridgehead atoms. The van der Waals surface area contributed by atoms with Crippen molar-refractivity contribution in [1.82, 2.24) is 15.3 Å². The zero-order chi connectivity index (χ0) is 20.1. The van der Waals surface area contributed by atoms with Crippen LogP contribution in [0.15, 0.2) is 72.7 Å². The SMILES string of the molecule is O=C(Nc1ccc(C2=C(Cc3ccccn3)CCNC2)cc1)c1ccncc1F. The predicted octanol–water partition coefficient (Wildman–Crippen LogP) is 3.86. The molecular weight excluding hydrogens is 367 g/mol. The molecule has 0 fully saturated rings. The maximum atomic E-state index is 13.7. The molecule has 3 heterocycles. The van der Waals surface area contributed by atoms with Crippen LogP contribution in [0.25, 0.3) is 5.57 Å². The summed E-state index contributed by atoms with van der Waals surface area (Å²) in [7, 11) is 0. The number of halogens is 1. The van der Waals surface area contributed by atoms with Crippen molar-refractivity contribution >= 4 is 17.2 Å². The van der Waals surface area contributed by atoms with Gasteiger partial charge >= 0.3 is 0 Å². The van der Waals surface area contributed by atoms with Gasteiger partial charge in [0.1, 0.15) is 0 Å². The number of hydrogen-bond donors (Lipinski definition) is 2. The summed E-state index contributed by atoms with van der Waals surface area (Å²) in [6, 6.07) is 15.0. The molecule has 5 nitrogen and oxygen atoms in total. The molecule has 1 aliphatic rings. The molecule has 1 aromatic carbocycles. The molecule has 2 N–H and O–H groups in total. The molecule has 6 heteroatoms. The summed E-state index contributed by atoms with van der Waals surface area (Å²) in [5, 5.41) is 6.16. The first kappa shape index (κ1) is 19.0. The van der Waals surface area contributed by atoms with Gasteiger partial charge < -0.3 is 10.6 Å². The quantitative estimate of drug-likeness (QED) is 0.697. The Bertz CT molecular complexity index is 1030. The van der Waals surface area contributed by atoms with Crippen LogP contribution in [-0.2, 0) is 6.42 Å². The zero-order valence-corrected chi connectivity index (χ0v) is 15.9. The van der Waals surface area contributed by atoms with Crippen LogP contribution in [0, 0.1) is 5.82 Å². The lowest BCUT2D eigenvalue weighted by molar-refractivity contribution is 0.102. The molecule has 4 rings (SSSR count). The van der Waals surface area contributed by atoms with E-state index >= 15 is 0 Å². The number of hydrogen-bond acceptors (Lipinski definition) is 4. The van der Waals surface area contributed by atoms with Crippen LogP contribution in [0.1, 0.15) is 28.0 Å². The Hall–Kier alpha value is -3.38. The first-order valence-electron chi connectivity index (χ1n) is 9.53. The average Bonchev–Trinajstić information content (AvgIpc) is 2.76. The van der Waals surface area contributed by atoms with E-state index in [1.54, 1.807) is 0 Å². The van der Waals surface area contributed by atoms with Gasteiger partial charge in [-0.1, -0.05) is 23.8 Å². The smallest absolute Gasteiger partial charge is 0.258 e. The largest absolute Gasteiger partial charge is 0.322 e. The summed E-state index contributed by atoms with van der Waals surface area (Å²) < 4.78 is 13.7. The Morgan fingerprint density at radius 3 is 2.72 bits per heavy atom. The molecule has 0 atom stereocenters. The highest BCUT2D eigenvalue weighted by molar-refractivity contribution is 6.04. The van der Waals surface area contributed by atoms with E-state index in [4.69, 9.17) is 0 Å². The molecule has 29 heavy (non-hydrogen) atoms. The summed E-state index contributed by atoms with van der Waals surface area (Å²) in [6.07, 6.45) is 6.06. The molecule has 146 valence electrons. The molecule has 3 aromatic rings. The number of nitrogens with one attached hydrogen (secondary N) is 2. The maximum Gasteiger partial charge on any atom is 0.258 e. The Morgan fingerprint density at radius 1 is 1.10 bits per heavy atom. The van der Waals surface area contributed by atoms with E-state index in [0.29, 0.717) is 5.69 Å². The van der Waals surface area contributed by atoms with E-state index in [-0.39, 0.29) is 5.56 Å². The first-order valence-corrected chi connectivity index (χ1v) is 9.53. The normalized spacial score (nSPS) is 14.0. The fraction of sp³-hybridized carbons (Fsp3) is 0.174. The van der Waals surface area contributed by atoms with Crippen molar-refractivity contribution in [3.05, 3.63) is 95.3 Å². The Balaban J connectivity index is 1.53. The summed E-state index contributed by atoms with van der Waals surface area (Å²) in [5.74, 6) is -1.13. The molecule has 0 aliphatic carbocycles. The van der Waals surface area contributed by atoms with Crippen LogP contribution in [-0.4, -0.2) is 29.0 Å². The van der Waals surface area contributed by atoms with E-state index in [1.165, 1.54) is 23.4 Å². The zero-order valence-electron chi connectivity index (χ0n) is 15.9. The lowest BCUT2D eigenvalue weighted by atomic mass is 9.92. The maximum absolute atomic E-state index is 13.7. The molecule has 0 radical (unpaired) electrons. The van der Waals surface area contributed by atoms with E-state index in [9.17, 15) is 9.18 Å². The number of aromatic nitrogens is 2. The summed E-state index contributed by atoms with van der Waals surface area (Å²) >= 11 is 0. The van der Waals surface area contributed by atoms with E-state index in [1.807, 2.05) is 48.7 Å². The second kappa shape index (κ2) is 8.75.